The van der Waals surface area contributed by atoms with E-state index in [2.05, 4.69) is 147 Å². The second-order valence-electron chi connectivity index (χ2n) is 14.9. The highest BCUT2D eigenvalue weighted by molar-refractivity contribution is 6.11. The fourth-order valence-electron chi connectivity index (χ4n) is 8.93. The maximum Gasteiger partial charge on any atom is 0.304 e. The van der Waals surface area contributed by atoms with E-state index in [4.69, 9.17) is 16.0 Å². The Labute approximate surface area is 300 Å². The molecule has 252 valence electrons. The molecule has 4 nitrogen and oxygen atoms in total. The van der Waals surface area contributed by atoms with Crippen LogP contribution in [0.3, 0.4) is 0 Å². The average molecular weight is 667 g/mol. The predicted molar refractivity (Wildman–Crippen MR) is 212 cm³/mol. The molecule has 2 aliphatic rings. The lowest BCUT2D eigenvalue weighted by Crippen LogP contribution is -2.38. The van der Waals surface area contributed by atoms with Crippen LogP contribution < -0.4 is 4.57 Å². The van der Waals surface area contributed by atoms with Crippen LogP contribution in [0.15, 0.2) is 132 Å². The van der Waals surface area contributed by atoms with Crippen molar-refractivity contribution in [1.29, 1.82) is 0 Å². The summed E-state index contributed by atoms with van der Waals surface area (Å²) in [5.41, 5.74) is 15.0. The number of para-hydroxylation sites is 4. The van der Waals surface area contributed by atoms with Crippen molar-refractivity contribution in [1.82, 2.24) is 4.57 Å². The van der Waals surface area contributed by atoms with E-state index in [1.807, 2.05) is 6.08 Å². The molecule has 0 saturated carbocycles. The molecule has 0 spiro atoms. The molecule has 2 atom stereocenters. The lowest BCUT2D eigenvalue weighted by molar-refractivity contribution is -0.542. The molecule has 0 amide bonds. The van der Waals surface area contributed by atoms with Crippen molar-refractivity contribution in [2.24, 2.45) is 4.99 Å². The maximum absolute atomic E-state index is 6.96. The van der Waals surface area contributed by atoms with Gasteiger partial charge in [-0.25, -0.2) is 0 Å². The van der Waals surface area contributed by atoms with Crippen molar-refractivity contribution in [3.63, 3.8) is 0 Å². The van der Waals surface area contributed by atoms with Crippen LogP contribution in [0.1, 0.15) is 86.1 Å². The summed E-state index contributed by atoms with van der Waals surface area (Å²) < 4.78 is 11.9. The molecular weight excluding hydrogens is 623 g/mol. The Morgan fingerprint density at radius 1 is 0.824 bits per heavy atom. The van der Waals surface area contributed by atoms with Gasteiger partial charge in [0.25, 0.3) is 0 Å². The van der Waals surface area contributed by atoms with Gasteiger partial charge in [-0.05, 0) is 60.1 Å². The number of hydrogen-bond donors (Lipinski definition) is 0. The Morgan fingerprint density at radius 2 is 1.55 bits per heavy atom. The summed E-state index contributed by atoms with van der Waals surface area (Å²) in [6, 6.07) is 37.6. The van der Waals surface area contributed by atoms with Crippen molar-refractivity contribution in [3.05, 3.63) is 150 Å². The van der Waals surface area contributed by atoms with Crippen LogP contribution in [-0.2, 0) is 6.42 Å². The smallest absolute Gasteiger partial charge is 0.304 e. The SMILES string of the molecule is C=CC1=NC2CC(=C)[n+]3c(n(-c4c(C(C)C)cccc4C(C)C)c4ccccc43)-c3c(ccc4c3oc3ccccc34)CCC2c2ccccc21. The number of fused-ring (bicyclic) bond motifs is 12. The number of aryl methyl sites for hydroxylation is 1. The molecule has 0 fully saturated rings. The summed E-state index contributed by atoms with van der Waals surface area (Å²) >= 11 is 0. The molecule has 0 aliphatic carbocycles. The van der Waals surface area contributed by atoms with E-state index in [0.29, 0.717) is 11.8 Å². The molecule has 9 rings (SSSR count). The van der Waals surface area contributed by atoms with Crippen LogP contribution >= 0.6 is 0 Å². The van der Waals surface area contributed by atoms with E-state index < -0.39 is 0 Å². The van der Waals surface area contributed by atoms with Gasteiger partial charge in [-0.15, -0.1) is 0 Å². The summed E-state index contributed by atoms with van der Waals surface area (Å²) in [4.78, 5) is 5.41. The zero-order chi connectivity index (χ0) is 35.0. The molecule has 0 radical (unpaired) electrons. The van der Waals surface area contributed by atoms with Gasteiger partial charge in [0, 0.05) is 39.8 Å². The lowest BCUT2D eigenvalue weighted by atomic mass is 9.78. The predicted octanol–water partition coefficient (Wildman–Crippen LogP) is 11.7. The van der Waals surface area contributed by atoms with E-state index >= 15 is 0 Å². The molecule has 2 aliphatic heterocycles. The highest BCUT2D eigenvalue weighted by Gasteiger charge is 2.39. The van der Waals surface area contributed by atoms with Crippen molar-refractivity contribution in [2.75, 3.05) is 0 Å². The van der Waals surface area contributed by atoms with Gasteiger partial charge in [0.1, 0.15) is 22.5 Å². The summed E-state index contributed by atoms with van der Waals surface area (Å²) in [6.45, 7) is 18.3. The number of hydrogen-bond acceptors (Lipinski definition) is 2. The van der Waals surface area contributed by atoms with Crippen molar-refractivity contribution in [2.45, 2.75) is 70.8 Å². The standard InChI is InChI=1S/C47H44N3O/c1-7-39-35-16-9-8-15-34(35)36-25-23-31-24-26-38-37-17-10-13-22-43(37)51-46(38)44(31)47-49(30(6)27-40(36)48-39)41-20-11-12-21-42(41)50(47)45-32(28(2)3)18-14-19-33(45)29(4)5/h7-22,24,26,28-29,36,40H,1,6,23,25,27H2,2-5H3/q+1. The number of aliphatic imine (C=N–C) groups is 1. The van der Waals surface area contributed by atoms with Gasteiger partial charge < -0.3 is 4.42 Å². The number of allylic oxidation sites excluding steroid dienone is 1. The van der Waals surface area contributed by atoms with Gasteiger partial charge in [0.2, 0.25) is 0 Å². The van der Waals surface area contributed by atoms with Crippen molar-refractivity contribution >= 4 is 44.4 Å². The number of rotatable bonds is 4. The fourth-order valence-corrected chi connectivity index (χ4v) is 8.93. The molecule has 0 saturated heterocycles. The average Bonchev–Trinajstić information content (AvgIpc) is 3.69. The van der Waals surface area contributed by atoms with Crippen LogP contribution in [0.2, 0.25) is 0 Å². The Bertz CT molecular complexity index is 2550. The summed E-state index contributed by atoms with van der Waals surface area (Å²) in [7, 11) is 0. The maximum atomic E-state index is 6.96. The first-order chi connectivity index (χ1) is 24.9. The fraction of sp³-hybridized carbons (Fsp3) is 0.234. The van der Waals surface area contributed by atoms with E-state index in [1.54, 1.807) is 0 Å². The van der Waals surface area contributed by atoms with Crippen LogP contribution in [0.25, 0.3) is 55.7 Å². The number of nitrogens with zero attached hydrogens (tertiary/aromatic N) is 3. The third-order valence-corrected chi connectivity index (χ3v) is 11.3. The molecule has 2 unspecified atom stereocenters. The van der Waals surface area contributed by atoms with Crippen LogP contribution in [0.4, 0.5) is 0 Å². The number of imidazole rings is 1. The first-order valence-corrected chi connectivity index (χ1v) is 18.5. The Morgan fingerprint density at radius 3 is 2.33 bits per heavy atom. The molecule has 2 aromatic heterocycles. The van der Waals surface area contributed by atoms with Crippen LogP contribution in [-0.4, -0.2) is 16.3 Å². The number of aromatic nitrogens is 2. The van der Waals surface area contributed by atoms with Crippen LogP contribution in [0, 0.1) is 0 Å². The minimum absolute atomic E-state index is 0.0357. The van der Waals surface area contributed by atoms with Crippen molar-refractivity contribution in [3.8, 4) is 17.1 Å². The molecule has 4 heterocycles. The monoisotopic (exact) mass is 666 g/mol. The van der Waals surface area contributed by atoms with E-state index in [-0.39, 0.29) is 12.0 Å². The lowest BCUT2D eigenvalue weighted by Gasteiger charge is -2.32. The quantitative estimate of drug-likeness (QED) is 0.172. The number of benzene rings is 5. The summed E-state index contributed by atoms with van der Waals surface area (Å²) in [5, 5.41) is 2.27. The van der Waals surface area contributed by atoms with Gasteiger partial charge in [0.05, 0.1) is 11.8 Å². The largest absolute Gasteiger partial charge is 0.455 e. The third-order valence-electron chi connectivity index (χ3n) is 11.3. The highest BCUT2D eigenvalue weighted by atomic mass is 16.3. The molecule has 0 bridgehead atoms. The van der Waals surface area contributed by atoms with Gasteiger partial charge in [-0.1, -0.05) is 126 Å². The first kappa shape index (κ1) is 31.5. The van der Waals surface area contributed by atoms with Gasteiger partial charge in [0.15, 0.2) is 16.6 Å². The van der Waals surface area contributed by atoms with Gasteiger partial charge in [-0.2, -0.15) is 9.13 Å². The topological polar surface area (TPSA) is 34.3 Å². The highest BCUT2D eigenvalue weighted by Crippen LogP contribution is 2.45. The van der Waals surface area contributed by atoms with E-state index in [1.165, 1.54) is 33.5 Å². The molecule has 4 heteroatoms. The molecule has 51 heavy (non-hydrogen) atoms. The normalized spacial score (nSPS) is 17.4. The molecule has 5 aromatic carbocycles. The van der Waals surface area contributed by atoms with E-state index in [0.717, 1.165) is 75.0 Å². The zero-order valence-corrected chi connectivity index (χ0v) is 30.0. The Hall–Kier alpha value is -5.48. The number of furan rings is 1. The van der Waals surface area contributed by atoms with Crippen molar-refractivity contribution < 1.29 is 8.98 Å². The minimum Gasteiger partial charge on any atom is -0.455 e. The molecule has 7 aromatic rings. The molecular formula is C47H44N3O+. The summed E-state index contributed by atoms with van der Waals surface area (Å²) in [5.74, 6) is 1.97. The van der Waals surface area contributed by atoms with E-state index in [9.17, 15) is 0 Å². The summed E-state index contributed by atoms with van der Waals surface area (Å²) in [6.07, 6.45) is 4.48. The second kappa shape index (κ2) is 12.1. The van der Waals surface area contributed by atoms with Crippen LogP contribution in [0.5, 0.6) is 0 Å². The minimum atomic E-state index is 0.0357. The van der Waals surface area contributed by atoms with Gasteiger partial charge in [-0.3, -0.25) is 4.99 Å². The Kier molecular flexibility index (Phi) is 7.47. The zero-order valence-electron chi connectivity index (χ0n) is 30.0. The third kappa shape index (κ3) is 4.80. The van der Waals surface area contributed by atoms with Gasteiger partial charge >= 0.3 is 5.82 Å². The molecule has 0 N–H and O–H groups in total. The Balaban J connectivity index is 1.44. The first-order valence-electron chi connectivity index (χ1n) is 18.5. The second-order valence-corrected chi connectivity index (χ2v) is 14.9.